The molecule has 0 bridgehead atoms. The highest BCUT2D eigenvalue weighted by Gasteiger charge is 2.28. The van der Waals surface area contributed by atoms with Crippen molar-refractivity contribution >= 4 is 31.6 Å². The molecule has 0 unspecified atom stereocenters. The molecular weight excluding hydrogens is 583 g/mol. The second-order valence-corrected chi connectivity index (χ2v) is 14.2. The van der Waals surface area contributed by atoms with Gasteiger partial charge in [0.15, 0.2) is 5.82 Å². The van der Waals surface area contributed by atoms with Crippen LogP contribution in [0.1, 0.15) is 81.6 Å². The summed E-state index contributed by atoms with van der Waals surface area (Å²) in [5.74, 6) is 1.59. The molecular formula is C40H39N5S. The molecule has 46 heavy (non-hydrogen) atoms. The fourth-order valence-electron chi connectivity index (χ4n) is 6.41. The van der Waals surface area contributed by atoms with E-state index in [1.54, 1.807) is 11.3 Å². The molecule has 0 amide bonds. The average Bonchev–Trinajstić information content (AvgIpc) is 3.69. The molecule has 0 atom stereocenters. The molecule has 6 heteroatoms. The lowest BCUT2D eigenvalue weighted by atomic mass is 9.84. The summed E-state index contributed by atoms with van der Waals surface area (Å²) in [7, 11) is 0. The second kappa shape index (κ2) is 11.6. The maximum absolute atomic E-state index is 5.27. The normalized spacial score (nSPS) is 12.2. The number of thiophene rings is 1. The monoisotopic (exact) mass is 621 g/mol. The fourth-order valence-corrected chi connectivity index (χ4v) is 7.65. The number of fused-ring (bicyclic) bond motifs is 3. The van der Waals surface area contributed by atoms with Crippen molar-refractivity contribution in [1.82, 2.24) is 24.5 Å². The van der Waals surface area contributed by atoms with Crippen molar-refractivity contribution in [3.05, 3.63) is 126 Å². The highest BCUT2D eigenvalue weighted by Crippen LogP contribution is 2.40. The highest BCUT2D eigenvalue weighted by molar-refractivity contribution is 7.26. The Hall–Kier alpha value is -4.68. The zero-order valence-corrected chi connectivity index (χ0v) is 28.4. The lowest BCUT2D eigenvalue weighted by Gasteiger charge is -2.25. The number of nitrogens with zero attached hydrogens (tertiary/aromatic N) is 5. The average molecular weight is 622 g/mol. The quantitative estimate of drug-likeness (QED) is 0.178. The van der Waals surface area contributed by atoms with Crippen molar-refractivity contribution in [2.24, 2.45) is 0 Å². The Balaban J connectivity index is 1.30. The van der Waals surface area contributed by atoms with Gasteiger partial charge >= 0.3 is 0 Å². The van der Waals surface area contributed by atoms with E-state index < -0.39 is 5.41 Å². The Bertz CT molecular complexity index is 2190. The molecule has 0 aliphatic carbocycles. The summed E-state index contributed by atoms with van der Waals surface area (Å²) in [6, 6.07) is 30.0. The van der Waals surface area contributed by atoms with E-state index >= 15 is 0 Å². The van der Waals surface area contributed by atoms with Crippen molar-refractivity contribution in [3.8, 4) is 28.5 Å². The molecule has 5 heterocycles. The van der Waals surface area contributed by atoms with Crippen LogP contribution in [-0.2, 0) is 5.41 Å². The number of hydrogen-bond donors (Lipinski definition) is 0. The maximum atomic E-state index is 5.27. The minimum absolute atomic E-state index is 0.374. The maximum Gasteiger partial charge on any atom is 0.163 e. The van der Waals surface area contributed by atoms with Gasteiger partial charge in [-0.25, -0.2) is 15.0 Å². The summed E-state index contributed by atoms with van der Waals surface area (Å²) in [5, 5.41) is 2.42. The molecule has 0 aliphatic rings. The van der Waals surface area contributed by atoms with Crippen molar-refractivity contribution in [1.29, 1.82) is 0 Å². The van der Waals surface area contributed by atoms with Gasteiger partial charge in [0, 0.05) is 44.5 Å². The van der Waals surface area contributed by atoms with Crippen LogP contribution < -0.4 is 0 Å². The molecule has 230 valence electrons. The van der Waals surface area contributed by atoms with E-state index in [9.17, 15) is 0 Å². The zero-order chi connectivity index (χ0) is 32.2. The molecule has 5 nitrogen and oxygen atoms in total. The van der Waals surface area contributed by atoms with E-state index in [0.29, 0.717) is 11.8 Å². The fraction of sp³-hybridized carbons (Fsp3) is 0.250. The van der Waals surface area contributed by atoms with Crippen LogP contribution >= 0.6 is 11.3 Å². The third-order valence-electron chi connectivity index (χ3n) is 9.01. The number of imidazole rings is 1. The van der Waals surface area contributed by atoms with Gasteiger partial charge in [0.2, 0.25) is 0 Å². The summed E-state index contributed by atoms with van der Waals surface area (Å²) >= 11 is 1.74. The number of benzene rings is 2. The van der Waals surface area contributed by atoms with Gasteiger partial charge in [-0.3, -0.25) is 9.55 Å². The van der Waals surface area contributed by atoms with Gasteiger partial charge in [0.1, 0.15) is 10.5 Å². The molecule has 0 fully saturated rings. The Morgan fingerprint density at radius 3 is 2.00 bits per heavy atom. The van der Waals surface area contributed by atoms with Crippen molar-refractivity contribution in [2.75, 3.05) is 0 Å². The molecule has 0 radical (unpaired) electrons. The van der Waals surface area contributed by atoms with Crippen LogP contribution in [0.5, 0.6) is 0 Å². The number of rotatable bonds is 7. The van der Waals surface area contributed by atoms with Crippen LogP contribution in [0.15, 0.2) is 97.3 Å². The molecule has 0 N–H and O–H groups in total. The third kappa shape index (κ3) is 5.11. The molecule has 5 aromatic heterocycles. The van der Waals surface area contributed by atoms with Crippen LogP contribution in [0, 0.1) is 6.92 Å². The first kappa shape index (κ1) is 30.0. The van der Waals surface area contributed by atoms with Crippen LogP contribution in [0.4, 0.5) is 0 Å². The summed E-state index contributed by atoms with van der Waals surface area (Å²) in [6.45, 7) is 15.5. The SMILES string of the molecule is Cc1ccc2c(n1)sc1c(-c3cccc(C(C)(C)c4cccc(-c5nccn5-c5c(C(C)C)cccc5C(C)C)n4)n3)cccc12. The van der Waals surface area contributed by atoms with E-state index in [2.05, 4.69) is 137 Å². The first-order chi connectivity index (χ1) is 22.1. The van der Waals surface area contributed by atoms with E-state index in [-0.39, 0.29) is 0 Å². The van der Waals surface area contributed by atoms with Crippen molar-refractivity contribution in [2.45, 2.75) is 65.7 Å². The predicted molar refractivity (Wildman–Crippen MR) is 192 cm³/mol. The van der Waals surface area contributed by atoms with Crippen LogP contribution in [0.3, 0.4) is 0 Å². The van der Waals surface area contributed by atoms with Gasteiger partial charge in [-0.15, -0.1) is 11.3 Å². The van der Waals surface area contributed by atoms with Crippen molar-refractivity contribution < 1.29 is 0 Å². The number of hydrogen-bond acceptors (Lipinski definition) is 5. The summed E-state index contributed by atoms with van der Waals surface area (Å²) in [4.78, 5) is 21.3. The second-order valence-electron chi connectivity index (χ2n) is 13.2. The van der Waals surface area contributed by atoms with E-state index in [1.165, 1.54) is 32.3 Å². The van der Waals surface area contributed by atoms with Crippen LogP contribution in [-0.4, -0.2) is 24.5 Å². The molecule has 0 spiro atoms. The van der Waals surface area contributed by atoms with E-state index in [0.717, 1.165) is 44.7 Å². The number of pyridine rings is 3. The smallest absolute Gasteiger partial charge is 0.163 e. The lowest BCUT2D eigenvalue weighted by Crippen LogP contribution is -2.22. The van der Waals surface area contributed by atoms with Gasteiger partial charge in [0.25, 0.3) is 0 Å². The zero-order valence-electron chi connectivity index (χ0n) is 27.5. The number of aromatic nitrogens is 5. The summed E-state index contributed by atoms with van der Waals surface area (Å²) in [5.41, 5.74) is 9.26. The Kier molecular flexibility index (Phi) is 7.56. The molecule has 2 aromatic carbocycles. The Morgan fingerprint density at radius 1 is 0.674 bits per heavy atom. The van der Waals surface area contributed by atoms with Crippen LogP contribution in [0.2, 0.25) is 0 Å². The molecule has 7 rings (SSSR count). The third-order valence-corrected chi connectivity index (χ3v) is 10.2. The highest BCUT2D eigenvalue weighted by atomic mass is 32.1. The van der Waals surface area contributed by atoms with E-state index in [4.69, 9.17) is 19.9 Å². The summed E-state index contributed by atoms with van der Waals surface area (Å²) in [6.07, 6.45) is 3.95. The molecule has 7 aromatic rings. The first-order valence-electron chi connectivity index (χ1n) is 16.0. The molecule has 0 saturated carbocycles. The predicted octanol–water partition coefficient (Wildman–Crippen LogP) is 10.6. The van der Waals surface area contributed by atoms with Gasteiger partial charge in [-0.05, 0) is 80.1 Å². The largest absolute Gasteiger partial charge is 0.298 e. The standard InChI is InChI=1S/C40H39N5S/c1-24(2)27-12-8-13-28(25(3)4)36(27)45-23-22-41-38(45)33-17-11-19-35(44-33)40(6,7)34-18-10-16-32(43-34)31-15-9-14-29-30-21-20-26(5)42-39(30)46-37(29)31/h8-25H,1-7H3. The molecule has 0 saturated heterocycles. The topological polar surface area (TPSA) is 56.5 Å². The number of aryl methyl sites for hydroxylation is 1. The van der Waals surface area contributed by atoms with Crippen LogP contribution in [0.25, 0.3) is 48.8 Å². The Labute approximate surface area is 275 Å². The van der Waals surface area contributed by atoms with Gasteiger partial charge in [-0.1, -0.05) is 76.2 Å². The summed E-state index contributed by atoms with van der Waals surface area (Å²) < 4.78 is 3.44. The van der Waals surface area contributed by atoms with E-state index in [1.807, 2.05) is 13.1 Å². The first-order valence-corrected chi connectivity index (χ1v) is 16.9. The number of para-hydroxylation sites is 1. The molecule has 0 aliphatic heterocycles. The van der Waals surface area contributed by atoms with Gasteiger partial charge in [0.05, 0.1) is 22.8 Å². The Morgan fingerprint density at radius 2 is 1.30 bits per heavy atom. The minimum atomic E-state index is -0.449. The van der Waals surface area contributed by atoms with Gasteiger partial charge < -0.3 is 0 Å². The minimum Gasteiger partial charge on any atom is -0.298 e. The lowest BCUT2D eigenvalue weighted by molar-refractivity contribution is 0.596. The van der Waals surface area contributed by atoms with Crippen molar-refractivity contribution in [3.63, 3.8) is 0 Å². The van der Waals surface area contributed by atoms with Gasteiger partial charge in [-0.2, -0.15) is 0 Å².